The van der Waals surface area contributed by atoms with E-state index in [0.717, 1.165) is 16.8 Å². The minimum Gasteiger partial charge on any atom is -0.380 e. The Morgan fingerprint density at radius 3 is 2.78 bits per heavy atom. The number of methoxy groups -OCH3 is 1. The second-order valence-electron chi connectivity index (χ2n) is 3.90. The fourth-order valence-corrected chi connectivity index (χ4v) is 1.99. The number of nitrogens with one attached hydrogen (secondary N) is 1. The predicted molar refractivity (Wildman–Crippen MR) is 78.5 cm³/mol. The molecule has 1 heterocycles. The first-order valence-electron chi connectivity index (χ1n) is 5.47. The van der Waals surface area contributed by atoms with Crippen LogP contribution in [0.25, 0.3) is 11.4 Å². The van der Waals surface area contributed by atoms with Gasteiger partial charge in [-0.3, -0.25) is 4.79 Å². The number of aromatic amines is 1. The topological polar surface area (TPSA) is 55.0 Å². The van der Waals surface area contributed by atoms with Crippen molar-refractivity contribution >= 4 is 22.6 Å². The Bertz CT molecular complexity index is 623. The Morgan fingerprint density at radius 2 is 2.11 bits per heavy atom. The zero-order valence-corrected chi connectivity index (χ0v) is 12.3. The van der Waals surface area contributed by atoms with E-state index in [2.05, 4.69) is 9.97 Å². The van der Waals surface area contributed by atoms with Crippen LogP contribution in [0.3, 0.4) is 0 Å². The third kappa shape index (κ3) is 2.62. The van der Waals surface area contributed by atoms with Gasteiger partial charge < -0.3 is 9.72 Å². The average molecular weight is 356 g/mol. The van der Waals surface area contributed by atoms with Crippen molar-refractivity contribution in [2.45, 2.75) is 13.5 Å². The van der Waals surface area contributed by atoms with Gasteiger partial charge in [0.25, 0.3) is 5.56 Å². The van der Waals surface area contributed by atoms with Crippen molar-refractivity contribution in [3.8, 4) is 11.4 Å². The Morgan fingerprint density at radius 1 is 1.39 bits per heavy atom. The molecule has 0 atom stereocenters. The third-order valence-corrected chi connectivity index (χ3v) is 3.87. The van der Waals surface area contributed by atoms with Crippen LogP contribution >= 0.6 is 22.6 Å². The molecule has 0 unspecified atom stereocenters. The van der Waals surface area contributed by atoms with E-state index < -0.39 is 0 Å². The lowest BCUT2D eigenvalue weighted by Gasteiger charge is -2.09. The Hall–Kier alpha value is -1.21. The predicted octanol–water partition coefficient (Wildman–Crippen LogP) is 2.50. The molecule has 0 saturated heterocycles. The minimum absolute atomic E-state index is 0.106. The molecule has 0 saturated carbocycles. The fourth-order valence-electron chi connectivity index (χ4n) is 1.73. The van der Waals surface area contributed by atoms with Crippen LogP contribution in [-0.2, 0) is 11.3 Å². The number of nitrogens with zero attached hydrogens (tertiary/aromatic N) is 1. The van der Waals surface area contributed by atoms with Gasteiger partial charge in [-0.25, -0.2) is 4.98 Å². The lowest BCUT2D eigenvalue weighted by Crippen LogP contribution is -2.15. The number of ether oxygens (including phenoxy) is 1. The molecule has 1 N–H and O–H groups in total. The van der Waals surface area contributed by atoms with Crippen molar-refractivity contribution in [1.29, 1.82) is 0 Å². The van der Waals surface area contributed by atoms with E-state index >= 15 is 0 Å². The monoisotopic (exact) mass is 356 g/mol. The molecule has 0 aliphatic carbocycles. The molecule has 5 heteroatoms. The van der Waals surface area contributed by atoms with Crippen molar-refractivity contribution in [3.63, 3.8) is 0 Å². The Labute approximate surface area is 119 Å². The summed E-state index contributed by atoms with van der Waals surface area (Å²) in [5.41, 5.74) is 2.53. The zero-order chi connectivity index (χ0) is 13.1. The van der Waals surface area contributed by atoms with Gasteiger partial charge in [0.1, 0.15) is 5.82 Å². The molecule has 0 amide bonds. The van der Waals surface area contributed by atoms with Gasteiger partial charge in [-0.1, -0.05) is 24.3 Å². The molecule has 0 aliphatic heterocycles. The van der Waals surface area contributed by atoms with E-state index in [1.54, 1.807) is 7.11 Å². The number of hydrogen-bond donors (Lipinski definition) is 1. The zero-order valence-electron chi connectivity index (χ0n) is 10.2. The highest BCUT2D eigenvalue weighted by Gasteiger charge is 2.10. The highest BCUT2D eigenvalue weighted by Crippen LogP contribution is 2.20. The molecular formula is C13H13IN2O2. The minimum atomic E-state index is -0.106. The van der Waals surface area contributed by atoms with Crippen LogP contribution in [0.2, 0.25) is 0 Å². The number of benzene rings is 1. The van der Waals surface area contributed by atoms with E-state index in [0.29, 0.717) is 16.0 Å². The van der Waals surface area contributed by atoms with E-state index in [1.807, 2.05) is 53.8 Å². The fraction of sp³-hybridized carbons (Fsp3) is 0.231. The molecule has 0 bridgehead atoms. The first-order valence-corrected chi connectivity index (χ1v) is 6.55. The largest absolute Gasteiger partial charge is 0.380 e. The molecule has 0 spiro atoms. The first kappa shape index (κ1) is 13.2. The summed E-state index contributed by atoms with van der Waals surface area (Å²) in [4.78, 5) is 19.0. The second-order valence-corrected chi connectivity index (χ2v) is 4.98. The lowest BCUT2D eigenvalue weighted by atomic mass is 10.1. The third-order valence-electron chi connectivity index (χ3n) is 2.60. The van der Waals surface area contributed by atoms with Crippen molar-refractivity contribution < 1.29 is 4.74 Å². The number of rotatable bonds is 3. The molecule has 1 aromatic carbocycles. The van der Waals surface area contributed by atoms with Crippen LogP contribution in [0.1, 0.15) is 11.3 Å². The van der Waals surface area contributed by atoms with E-state index in [9.17, 15) is 4.79 Å². The van der Waals surface area contributed by atoms with E-state index in [-0.39, 0.29) is 5.56 Å². The summed E-state index contributed by atoms with van der Waals surface area (Å²) >= 11 is 2.00. The van der Waals surface area contributed by atoms with Gasteiger partial charge in [0.2, 0.25) is 0 Å². The highest BCUT2D eigenvalue weighted by atomic mass is 127. The smallest absolute Gasteiger partial charge is 0.264 e. The van der Waals surface area contributed by atoms with Gasteiger partial charge >= 0.3 is 0 Å². The van der Waals surface area contributed by atoms with Gasteiger partial charge in [-0.15, -0.1) is 0 Å². The Balaban J connectivity index is 2.59. The normalized spacial score (nSPS) is 10.6. The summed E-state index contributed by atoms with van der Waals surface area (Å²) in [6.07, 6.45) is 0. The van der Waals surface area contributed by atoms with Gasteiger partial charge in [0, 0.05) is 12.7 Å². The van der Waals surface area contributed by atoms with E-state index in [1.165, 1.54) is 0 Å². The second kappa shape index (κ2) is 5.62. The molecule has 2 rings (SSSR count). The Kier molecular flexibility index (Phi) is 4.13. The highest BCUT2D eigenvalue weighted by molar-refractivity contribution is 14.1. The molecule has 94 valence electrons. The van der Waals surface area contributed by atoms with Crippen LogP contribution < -0.4 is 5.56 Å². The van der Waals surface area contributed by atoms with Crippen LogP contribution in [0.4, 0.5) is 0 Å². The van der Waals surface area contributed by atoms with Crippen LogP contribution in [0, 0.1) is 10.5 Å². The van der Waals surface area contributed by atoms with Crippen LogP contribution in [0.15, 0.2) is 29.1 Å². The van der Waals surface area contributed by atoms with Crippen molar-refractivity contribution in [3.05, 3.63) is 49.4 Å². The number of aromatic nitrogens is 2. The van der Waals surface area contributed by atoms with Crippen LogP contribution in [0.5, 0.6) is 0 Å². The number of halogens is 1. The summed E-state index contributed by atoms with van der Waals surface area (Å²) in [7, 11) is 1.64. The first-order chi connectivity index (χ1) is 8.63. The lowest BCUT2D eigenvalue weighted by molar-refractivity contribution is 0.185. The van der Waals surface area contributed by atoms with Gasteiger partial charge in [-0.2, -0.15) is 0 Å². The number of aryl methyl sites for hydroxylation is 1. The quantitative estimate of drug-likeness (QED) is 0.860. The summed E-state index contributed by atoms with van der Waals surface area (Å²) in [5, 5.41) is 0. The van der Waals surface area contributed by atoms with Crippen molar-refractivity contribution in [2.75, 3.05) is 7.11 Å². The van der Waals surface area contributed by atoms with Gasteiger partial charge in [-0.05, 0) is 35.1 Å². The van der Waals surface area contributed by atoms with Gasteiger partial charge in [0.15, 0.2) is 0 Å². The van der Waals surface area contributed by atoms with Gasteiger partial charge in [0.05, 0.1) is 15.9 Å². The maximum atomic E-state index is 11.8. The molecule has 4 nitrogen and oxygen atoms in total. The average Bonchev–Trinajstić information content (AvgIpc) is 2.36. The number of hydrogen-bond acceptors (Lipinski definition) is 3. The maximum absolute atomic E-state index is 11.8. The summed E-state index contributed by atoms with van der Waals surface area (Å²) in [6, 6.07) is 7.75. The van der Waals surface area contributed by atoms with Crippen molar-refractivity contribution in [2.24, 2.45) is 0 Å². The molecular weight excluding hydrogens is 343 g/mol. The van der Waals surface area contributed by atoms with Crippen molar-refractivity contribution in [1.82, 2.24) is 9.97 Å². The molecule has 2 aromatic rings. The molecule has 0 radical (unpaired) electrons. The molecule has 1 aromatic heterocycles. The summed E-state index contributed by atoms with van der Waals surface area (Å²) in [5.74, 6) is 0.588. The summed E-state index contributed by atoms with van der Waals surface area (Å²) in [6.45, 7) is 2.32. The summed E-state index contributed by atoms with van der Waals surface area (Å²) < 4.78 is 5.78. The maximum Gasteiger partial charge on any atom is 0.264 e. The number of H-pyrrole nitrogens is 1. The molecule has 18 heavy (non-hydrogen) atoms. The molecule has 0 aliphatic rings. The standard InChI is InChI=1S/C13H13IN2O2/c1-8-11(14)13(17)16-12(15-8)10-6-4-3-5-9(10)7-18-2/h3-6H,7H2,1-2H3,(H,15,16,17). The van der Waals surface area contributed by atoms with Crippen LogP contribution in [-0.4, -0.2) is 17.1 Å². The molecule has 0 fully saturated rings. The van der Waals surface area contributed by atoms with E-state index in [4.69, 9.17) is 4.74 Å². The SMILES string of the molecule is COCc1ccccc1-c1nc(C)c(I)c(=O)[nH]1.